The quantitative estimate of drug-likeness (QED) is 0.705. The van der Waals surface area contributed by atoms with Crippen LogP contribution in [0.3, 0.4) is 0 Å². The summed E-state index contributed by atoms with van der Waals surface area (Å²) in [4.78, 5) is 25.8. The van der Waals surface area contributed by atoms with Crippen molar-refractivity contribution >= 4 is 11.8 Å². The number of likely N-dealkylation sites (tertiary alicyclic amines) is 1. The Labute approximate surface area is 104 Å². The van der Waals surface area contributed by atoms with Crippen LogP contribution in [0.15, 0.2) is 0 Å². The minimum atomic E-state index is 0.0234. The summed E-state index contributed by atoms with van der Waals surface area (Å²) in [7, 11) is 0. The molecule has 0 aromatic carbocycles. The van der Waals surface area contributed by atoms with E-state index in [0.717, 1.165) is 38.5 Å². The molecule has 2 fully saturated rings. The number of hydrogen-bond acceptors (Lipinski definition) is 2. The van der Waals surface area contributed by atoms with E-state index in [4.69, 9.17) is 0 Å². The van der Waals surface area contributed by atoms with E-state index in [-0.39, 0.29) is 23.7 Å². The summed E-state index contributed by atoms with van der Waals surface area (Å²) >= 11 is 0. The van der Waals surface area contributed by atoms with Crippen LogP contribution < -0.4 is 0 Å². The Kier molecular flexibility index (Phi) is 3.85. The van der Waals surface area contributed by atoms with Gasteiger partial charge in [0.2, 0.25) is 11.8 Å². The zero-order chi connectivity index (χ0) is 12.4. The van der Waals surface area contributed by atoms with Gasteiger partial charge in [-0.1, -0.05) is 26.7 Å². The highest BCUT2D eigenvalue weighted by Gasteiger charge is 2.47. The lowest BCUT2D eigenvalue weighted by Gasteiger charge is -2.19. The molecule has 0 radical (unpaired) electrons. The summed E-state index contributed by atoms with van der Waals surface area (Å²) in [5, 5.41) is 0. The lowest BCUT2D eigenvalue weighted by Crippen LogP contribution is -2.32. The first-order valence-electron chi connectivity index (χ1n) is 6.96. The van der Waals surface area contributed by atoms with Crippen molar-refractivity contribution in [2.24, 2.45) is 17.8 Å². The molecular formula is C14H23NO2. The van der Waals surface area contributed by atoms with Crippen molar-refractivity contribution in [1.82, 2.24) is 4.90 Å². The molecular weight excluding hydrogens is 214 g/mol. The van der Waals surface area contributed by atoms with Gasteiger partial charge < -0.3 is 0 Å². The van der Waals surface area contributed by atoms with Gasteiger partial charge in [-0.05, 0) is 31.6 Å². The Bertz CT molecular complexity index is 287. The van der Waals surface area contributed by atoms with Gasteiger partial charge in [-0.15, -0.1) is 0 Å². The average molecular weight is 237 g/mol. The molecule has 1 saturated heterocycles. The van der Waals surface area contributed by atoms with E-state index in [1.165, 1.54) is 0 Å². The third kappa shape index (κ3) is 2.53. The van der Waals surface area contributed by atoms with E-state index < -0.39 is 0 Å². The average Bonchev–Trinajstić information content (AvgIpc) is 2.54. The van der Waals surface area contributed by atoms with Crippen LogP contribution in [-0.4, -0.2) is 23.3 Å². The summed E-state index contributed by atoms with van der Waals surface area (Å²) in [6.45, 7) is 4.99. The summed E-state index contributed by atoms with van der Waals surface area (Å²) in [6.07, 6.45) is 6.12. The molecule has 2 aliphatic rings. The fourth-order valence-corrected chi connectivity index (χ4v) is 3.11. The molecule has 2 unspecified atom stereocenters. The molecule has 0 spiro atoms. The van der Waals surface area contributed by atoms with Crippen LogP contribution >= 0.6 is 0 Å². The van der Waals surface area contributed by atoms with Crippen LogP contribution in [0, 0.1) is 17.8 Å². The maximum absolute atomic E-state index is 12.1. The van der Waals surface area contributed by atoms with Crippen molar-refractivity contribution in [2.45, 2.75) is 52.4 Å². The molecule has 2 amide bonds. The number of imide groups is 1. The molecule has 0 bridgehead atoms. The second kappa shape index (κ2) is 5.19. The van der Waals surface area contributed by atoms with E-state index >= 15 is 0 Å². The van der Waals surface area contributed by atoms with Crippen molar-refractivity contribution in [2.75, 3.05) is 6.54 Å². The number of hydrogen-bond donors (Lipinski definition) is 0. The first-order chi connectivity index (χ1) is 8.11. The highest BCUT2D eigenvalue weighted by atomic mass is 16.2. The largest absolute Gasteiger partial charge is 0.282 e. The van der Waals surface area contributed by atoms with Crippen molar-refractivity contribution in [3.63, 3.8) is 0 Å². The SMILES string of the molecule is CC(C)CCCN1C(=O)C2CCCCC2C1=O. The fraction of sp³-hybridized carbons (Fsp3) is 0.857. The molecule has 2 atom stereocenters. The highest BCUT2D eigenvalue weighted by molar-refractivity contribution is 6.05. The molecule has 1 heterocycles. The minimum Gasteiger partial charge on any atom is -0.282 e. The molecule has 17 heavy (non-hydrogen) atoms. The summed E-state index contributed by atoms with van der Waals surface area (Å²) in [5.41, 5.74) is 0. The molecule has 0 aromatic rings. The van der Waals surface area contributed by atoms with Crippen LogP contribution in [0.1, 0.15) is 52.4 Å². The highest BCUT2D eigenvalue weighted by Crippen LogP contribution is 2.38. The lowest BCUT2D eigenvalue weighted by molar-refractivity contribution is -0.140. The topological polar surface area (TPSA) is 37.4 Å². The third-order valence-electron chi connectivity index (χ3n) is 4.10. The summed E-state index contributed by atoms with van der Waals surface area (Å²) in [5.74, 6) is 0.919. The Morgan fingerprint density at radius 3 is 2.12 bits per heavy atom. The van der Waals surface area contributed by atoms with E-state index in [9.17, 15) is 9.59 Å². The third-order valence-corrected chi connectivity index (χ3v) is 4.10. The predicted molar refractivity (Wildman–Crippen MR) is 66.2 cm³/mol. The van der Waals surface area contributed by atoms with Gasteiger partial charge in [0.15, 0.2) is 0 Å². The van der Waals surface area contributed by atoms with Gasteiger partial charge in [0.1, 0.15) is 0 Å². The first kappa shape index (κ1) is 12.6. The van der Waals surface area contributed by atoms with Gasteiger partial charge in [-0.3, -0.25) is 14.5 Å². The van der Waals surface area contributed by atoms with Gasteiger partial charge in [0, 0.05) is 6.54 Å². The van der Waals surface area contributed by atoms with E-state index in [2.05, 4.69) is 13.8 Å². The first-order valence-corrected chi connectivity index (χ1v) is 6.96. The Balaban J connectivity index is 1.94. The number of fused-ring (bicyclic) bond motifs is 1. The van der Waals surface area contributed by atoms with Crippen molar-refractivity contribution in [3.8, 4) is 0 Å². The van der Waals surface area contributed by atoms with E-state index in [1.807, 2.05) is 0 Å². The van der Waals surface area contributed by atoms with Gasteiger partial charge in [0.05, 0.1) is 11.8 Å². The molecule has 1 aliphatic heterocycles. The van der Waals surface area contributed by atoms with Crippen LogP contribution in [0.25, 0.3) is 0 Å². The summed E-state index contributed by atoms with van der Waals surface area (Å²) in [6, 6.07) is 0. The number of nitrogens with zero attached hydrogens (tertiary/aromatic N) is 1. The van der Waals surface area contributed by atoms with Gasteiger partial charge in [0.25, 0.3) is 0 Å². The van der Waals surface area contributed by atoms with Crippen LogP contribution in [-0.2, 0) is 9.59 Å². The normalized spacial score (nSPS) is 29.0. The van der Waals surface area contributed by atoms with Crippen LogP contribution in [0.2, 0.25) is 0 Å². The standard InChI is InChI=1S/C14H23NO2/c1-10(2)6-5-9-15-13(16)11-7-3-4-8-12(11)14(15)17/h10-12H,3-9H2,1-2H3. The number of carbonyl (C=O) groups is 2. The van der Waals surface area contributed by atoms with Crippen LogP contribution in [0.5, 0.6) is 0 Å². The molecule has 0 aromatic heterocycles. The zero-order valence-corrected chi connectivity index (χ0v) is 10.9. The Hall–Kier alpha value is -0.860. The molecule has 2 rings (SSSR count). The smallest absolute Gasteiger partial charge is 0.233 e. The lowest BCUT2D eigenvalue weighted by atomic mass is 9.81. The molecule has 3 nitrogen and oxygen atoms in total. The number of amides is 2. The van der Waals surface area contributed by atoms with Gasteiger partial charge in [-0.2, -0.15) is 0 Å². The number of carbonyl (C=O) groups excluding carboxylic acids is 2. The van der Waals surface area contributed by atoms with Crippen molar-refractivity contribution in [3.05, 3.63) is 0 Å². The van der Waals surface area contributed by atoms with Crippen molar-refractivity contribution < 1.29 is 9.59 Å². The monoisotopic (exact) mass is 237 g/mol. The predicted octanol–water partition coefficient (Wildman–Crippen LogP) is 2.60. The second-order valence-corrected chi connectivity index (χ2v) is 5.86. The van der Waals surface area contributed by atoms with Crippen molar-refractivity contribution in [1.29, 1.82) is 0 Å². The molecule has 3 heteroatoms. The molecule has 1 saturated carbocycles. The number of rotatable bonds is 4. The molecule has 0 N–H and O–H groups in total. The summed E-state index contributed by atoms with van der Waals surface area (Å²) < 4.78 is 0. The maximum Gasteiger partial charge on any atom is 0.233 e. The Morgan fingerprint density at radius 2 is 1.65 bits per heavy atom. The second-order valence-electron chi connectivity index (χ2n) is 5.86. The molecule has 1 aliphatic carbocycles. The van der Waals surface area contributed by atoms with E-state index in [0.29, 0.717) is 12.5 Å². The molecule has 96 valence electrons. The van der Waals surface area contributed by atoms with Crippen LogP contribution in [0.4, 0.5) is 0 Å². The van der Waals surface area contributed by atoms with Gasteiger partial charge in [-0.25, -0.2) is 0 Å². The zero-order valence-electron chi connectivity index (χ0n) is 10.9. The fourth-order valence-electron chi connectivity index (χ4n) is 3.11. The maximum atomic E-state index is 12.1. The van der Waals surface area contributed by atoms with E-state index in [1.54, 1.807) is 4.90 Å². The van der Waals surface area contributed by atoms with Gasteiger partial charge >= 0.3 is 0 Å². The Morgan fingerprint density at radius 1 is 1.12 bits per heavy atom. The minimum absolute atomic E-state index is 0.0234.